The van der Waals surface area contributed by atoms with E-state index in [1.165, 1.54) is 6.42 Å². The zero-order valence-electron chi connectivity index (χ0n) is 21.1. The number of hydrogen-bond donors (Lipinski definition) is 0. The Balaban J connectivity index is 1.46. The first-order chi connectivity index (χ1) is 17.0. The van der Waals surface area contributed by atoms with Crippen molar-refractivity contribution in [1.29, 1.82) is 0 Å². The van der Waals surface area contributed by atoms with Crippen LogP contribution in [0.2, 0.25) is 0 Å². The smallest absolute Gasteiger partial charge is 0.166 e. The lowest BCUT2D eigenvalue weighted by Gasteiger charge is -2.26. The number of unbranched alkanes of at least 4 members (excludes halogenated alkanes) is 4. The monoisotopic (exact) mass is 478 g/mol. The molecule has 1 aliphatic rings. The van der Waals surface area contributed by atoms with Gasteiger partial charge in [-0.05, 0) is 71.4 Å². The van der Waals surface area contributed by atoms with Gasteiger partial charge in [-0.3, -0.25) is 0 Å². The lowest BCUT2D eigenvalue weighted by Crippen LogP contribution is -2.12. The average molecular weight is 479 g/mol. The number of rotatable bonds is 9. The van der Waals surface area contributed by atoms with E-state index in [1.54, 1.807) is 30.3 Å². The van der Waals surface area contributed by atoms with Crippen LogP contribution >= 0.6 is 0 Å². The summed E-state index contributed by atoms with van der Waals surface area (Å²) in [5, 5.41) is 0. The maximum Gasteiger partial charge on any atom is 0.166 e. The van der Waals surface area contributed by atoms with E-state index in [2.05, 4.69) is 13.8 Å². The van der Waals surface area contributed by atoms with E-state index in [1.807, 2.05) is 24.3 Å². The zero-order chi connectivity index (χ0) is 24.8. The Morgan fingerprint density at radius 1 is 0.686 bits per heavy atom. The Morgan fingerprint density at radius 3 is 2.03 bits per heavy atom. The van der Waals surface area contributed by atoms with Gasteiger partial charge in [0.05, 0.1) is 0 Å². The molecule has 0 spiro atoms. The molecule has 35 heavy (non-hydrogen) atoms. The highest BCUT2D eigenvalue weighted by atomic mass is 19.2. The summed E-state index contributed by atoms with van der Waals surface area (Å²) >= 11 is 0. The molecule has 0 heterocycles. The molecule has 0 radical (unpaired) electrons. The Labute approximate surface area is 208 Å². The minimum absolute atomic E-state index is 0.149. The normalized spacial score (nSPS) is 18.1. The van der Waals surface area contributed by atoms with Gasteiger partial charge in [0.1, 0.15) is 5.82 Å². The SMILES string of the molecule is CCCCCCCc1ccc(-c2ccc(-c3ccc(C4CCC(C)CC4)c(F)c3)cc2)c(F)c1F. The topological polar surface area (TPSA) is 0 Å². The minimum atomic E-state index is -0.791. The van der Waals surface area contributed by atoms with Crippen molar-refractivity contribution in [2.45, 2.75) is 84.0 Å². The molecule has 0 aromatic heterocycles. The summed E-state index contributed by atoms with van der Waals surface area (Å²) in [7, 11) is 0. The molecule has 3 heteroatoms. The molecule has 0 bridgehead atoms. The number of hydrogen-bond acceptors (Lipinski definition) is 0. The third kappa shape index (κ3) is 6.18. The van der Waals surface area contributed by atoms with Crippen LogP contribution in [0.4, 0.5) is 13.2 Å². The highest BCUT2D eigenvalue weighted by Crippen LogP contribution is 2.38. The second-order valence-electron chi connectivity index (χ2n) is 10.3. The molecular formula is C32H37F3. The molecular weight excluding hydrogens is 441 g/mol. The summed E-state index contributed by atoms with van der Waals surface area (Å²) in [5.74, 6) is -0.639. The third-order valence-corrected chi connectivity index (χ3v) is 7.70. The van der Waals surface area contributed by atoms with Gasteiger partial charge in [0.25, 0.3) is 0 Å². The third-order valence-electron chi connectivity index (χ3n) is 7.70. The van der Waals surface area contributed by atoms with E-state index < -0.39 is 11.6 Å². The molecule has 0 saturated heterocycles. The molecule has 1 saturated carbocycles. The summed E-state index contributed by atoms with van der Waals surface area (Å²) in [4.78, 5) is 0. The summed E-state index contributed by atoms with van der Waals surface area (Å²) in [6.45, 7) is 4.43. The van der Waals surface area contributed by atoms with Gasteiger partial charge < -0.3 is 0 Å². The minimum Gasteiger partial charge on any atom is -0.207 e. The zero-order valence-corrected chi connectivity index (χ0v) is 21.1. The van der Waals surface area contributed by atoms with Gasteiger partial charge in [0.15, 0.2) is 11.6 Å². The van der Waals surface area contributed by atoms with Crippen molar-refractivity contribution in [3.63, 3.8) is 0 Å². The molecule has 0 unspecified atom stereocenters. The Morgan fingerprint density at radius 2 is 1.34 bits per heavy atom. The fraction of sp³-hybridized carbons (Fsp3) is 0.438. The van der Waals surface area contributed by atoms with Crippen molar-refractivity contribution in [2.24, 2.45) is 5.92 Å². The van der Waals surface area contributed by atoms with Crippen LogP contribution in [0, 0.1) is 23.4 Å². The van der Waals surface area contributed by atoms with E-state index in [-0.39, 0.29) is 11.4 Å². The van der Waals surface area contributed by atoms with E-state index in [0.29, 0.717) is 23.5 Å². The first kappa shape index (κ1) is 25.5. The van der Waals surface area contributed by atoms with Crippen LogP contribution in [-0.2, 0) is 6.42 Å². The first-order valence-corrected chi connectivity index (χ1v) is 13.3. The standard InChI is InChI=1S/C32H37F3/c1-3-4-5-6-7-8-26-17-20-29(32(35)31(26)34)25-15-13-23(14-16-25)27-18-19-28(30(33)21-27)24-11-9-22(2)10-12-24/h13-22,24H,3-12H2,1-2H3. The van der Waals surface area contributed by atoms with Crippen molar-refractivity contribution in [1.82, 2.24) is 0 Å². The van der Waals surface area contributed by atoms with E-state index >= 15 is 0 Å². The summed E-state index contributed by atoms with van der Waals surface area (Å²) in [6, 6.07) is 16.2. The lowest BCUT2D eigenvalue weighted by atomic mass is 9.79. The van der Waals surface area contributed by atoms with Crippen LogP contribution in [-0.4, -0.2) is 0 Å². The summed E-state index contributed by atoms with van der Waals surface area (Å²) < 4.78 is 44.5. The molecule has 186 valence electrons. The van der Waals surface area contributed by atoms with Gasteiger partial charge in [-0.15, -0.1) is 0 Å². The fourth-order valence-corrected chi connectivity index (χ4v) is 5.38. The van der Waals surface area contributed by atoms with Gasteiger partial charge in [0, 0.05) is 5.56 Å². The Hall–Kier alpha value is -2.55. The van der Waals surface area contributed by atoms with E-state index in [4.69, 9.17) is 0 Å². The highest BCUT2D eigenvalue weighted by molar-refractivity contribution is 5.71. The molecule has 4 rings (SSSR count). The van der Waals surface area contributed by atoms with E-state index in [9.17, 15) is 13.2 Å². The van der Waals surface area contributed by atoms with Gasteiger partial charge in [0.2, 0.25) is 0 Å². The molecule has 3 aromatic carbocycles. The van der Waals surface area contributed by atoms with Crippen molar-refractivity contribution in [2.75, 3.05) is 0 Å². The summed E-state index contributed by atoms with van der Waals surface area (Å²) in [6.07, 6.45) is 10.4. The van der Waals surface area contributed by atoms with Crippen molar-refractivity contribution in [3.05, 3.63) is 83.2 Å². The molecule has 0 atom stereocenters. The van der Waals surface area contributed by atoms with Gasteiger partial charge >= 0.3 is 0 Å². The molecule has 0 N–H and O–H groups in total. The predicted octanol–water partition coefficient (Wildman–Crippen LogP) is 10.2. The second-order valence-corrected chi connectivity index (χ2v) is 10.3. The molecule has 3 aromatic rings. The van der Waals surface area contributed by atoms with Crippen LogP contribution in [0.15, 0.2) is 54.6 Å². The van der Waals surface area contributed by atoms with Crippen LogP contribution in [0.1, 0.15) is 88.7 Å². The predicted molar refractivity (Wildman–Crippen MR) is 140 cm³/mol. The lowest BCUT2D eigenvalue weighted by molar-refractivity contribution is 0.342. The average Bonchev–Trinajstić information content (AvgIpc) is 2.87. The van der Waals surface area contributed by atoms with Crippen molar-refractivity contribution in [3.8, 4) is 22.3 Å². The largest absolute Gasteiger partial charge is 0.207 e. The van der Waals surface area contributed by atoms with Gasteiger partial charge in [-0.2, -0.15) is 0 Å². The Kier molecular flexibility index (Phi) is 8.70. The van der Waals surface area contributed by atoms with E-state index in [0.717, 1.165) is 74.0 Å². The van der Waals surface area contributed by atoms with Crippen LogP contribution in [0.25, 0.3) is 22.3 Å². The maximum absolute atomic E-state index is 15.0. The van der Waals surface area contributed by atoms with Crippen LogP contribution in [0.3, 0.4) is 0 Å². The fourth-order valence-electron chi connectivity index (χ4n) is 5.38. The van der Waals surface area contributed by atoms with Crippen molar-refractivity contribution < 1.29 is 13.2 Å². The Bertz CT molecular complexity index is 1110. The highest BCUT2D eigenvalue weighted by Gasteiger charge is 2.22. The van der Waals surface area contributed by atoms with Gasteiger partial charge in [-0.25, -0.2) is 13.2 Å². The quantitative estimate of drug-likeness (QED) is 0.268. The maximum atomic E-state index is 15.0. The molecule has 0 nitrogen and oxygen atoms in total. The van der Waals surface area contributed by atoms with Crippen molar-refractivity contribution >= 4 is 0 Å². The number of aryl methyl sites for hydroxylation is 1. The number of halogens is 3. The van der Waals surface area contributed by atoms with Crippen LogP contribution in [0.5, 0.6) is 0 Å². The molecule has 1 fully saturated rings. The summed E-state index contributed by atoms with van der Waals surface area (Å²) in [5.41, 5.74) is 3.81. The van der Waals surface area contributed by atoms with Gasteiger partial charge in [-0.1, -0.05) is 101 Å². The first-order valence-electron chi connectivity index (χ1n) is 13.3. The second kappa shape index (κ2) is 11.9. The molecule has 1 aliphatic carbocycles. The number of benzene rings is 3. The molecule has 0 amide bonds. The van der Waals surface area contributed by atoms with Crippen LogP contribution < -0.4 is 0 Å². The molecule has 0 aliphatic heterocycles.